The molecule has 0 aliphatic carbocycles. The molecular formula is C11H9N3O3S. The highest BCUT2D eigenvalue weighted by molar-refractivity contribution is 7.17. The third-order valence-electron chi connectivity index (χ3n) is 2.16. The highest BCUT2D eigenvalue weighted by Gasteiger charge is 2.15. The summed E-state index contributed by atoms with van der Waals surface area (Å²) in [7, 11) is 0. The number of nitrogens with zero attached hydrogens (tertiary/aromatic N) is 2. The molecule has 0 aliphatic heterocycles. The minimum absolute atomic E-state index is 0.0535. The van der Waals surface area contributed by atoms with Gasteiger partial charge in [0.25, 0.3) is 5.91 Å². The van der Waals surface area contributed by atoms with E-state index >= 15 is 0 Å². The standard InChI is InChI=1S/C11H9N3O3S/c1-7-2-3-8(6-12-7)13-11(15)9-4-5-10(18-9)14(16)17/h2-6H,1H3,(H,13,15). The first-order chi connectivity index (χ1) is 8.56. The number of rotatable bonds is 3. The summed E-state index contributed by atoms with van der Waals surface area (Å²) < 4.78 is 0. The average Bonchev–Trinajstić information content (AvgIpc) is 2.81. The lowest BCUT2D eigenvalue weighted by Crippen LogP contribution is -2.10. The number of hydrogen-bond donors (Lipinski definition) is 1. The van der Waals surface area contributed by atoms with Crippen molar-refractivity contribution in [3.63, 3.8) is 0 Å². The van der Waals surface area contributed by atoms with Crippen LogP contribution >= 0.6 is 11.3 Å². The lowest BCUT2D eigenvalue weighted by Gasteiger charge is -2.02. The summed E-state index contributed by atoms with van der Waals surface area (Å²) >= 11 is 0.840. The summed E-state index contributed by atoms with van der Waals surface area (Å²) in [5.41, 5.74) is 1.40. The highest BCUT2D eigenvalue weighted by Crippen LogP contribution is 2.24. The van der Waals surface area contributed by atoms with Crippen molar-refractivity contribution in [2.75, 3.05) is 5.32 Å². The maximum absolute atomic E-state index is 11.8. The second-order valence-electron chi connectivity index (χ2n) is 3.54. The van der Waals surface area contributed by atoms with Crippen molar-refractivity contribution in [3.8, 4) is 0 Å². The van der Waals surface area contributed by atoms with Gasteiger partial charge in [0, 0.05) is 11.8 Å². The van der Waals surface area contributed by atoms with Gasteiger partial charge in [0.15, 0.2) is 0 Å². The number of aryl methyl sites for hydroxylation is 1. The van der Waals surface area contributed by atoms with Crippen molar-refractivity contribution in [2.24, 2.45) is 0 Å². The third-order valence-corrected chi connectivity index (χ3v) is 3.20. The molecule has 2 rings (SSSR count). The molecule has 0 saturated carbocycles. The van der Waals surface area contributed by atoms with E-state index in [1.165, 1.54) is 18.3 Å². The second kappa shape index (κ2) is 4.92. The molecule has 2 aromatic heterocycles. The Morgan fingerprint density at radius 3 is 2.72 bits per heavy atom. The van der Waals surface area contributed by atoms with Gasteiger partial charge in [-0.3, -0.25) is 19.9 Å². The number of carbonyl (C=O) groups excluding carboxylic acids is 1. The largest absolute Gasteiger partial charge is 0.324 e. The average molecular weight is 263 g/mol. The predicted octanol–water partition coefficient (Wildman–Crippen LogP) is 2.61. The van der Waals surface area contributed by atoms with Crippen LogP contribution in [0.15, 0.2) is 30.5 Å². The van der Waals surface area contributed by atoms with Crippen molar-refractivity contribution < 1.29 is 9.72 Å². The van der Waals surface area contributed by atoms with E-state index in [4.69, 9.17) is 0 Å². The second-order valence-corrected chi connectivity index (χ2v) is 4.60. The van der Waals surface area contributed by atoms with Crippen molar-refractivity contribution in [3.05, 3.63) is 51.1 Å². The van der Waals surface area contributed by atoms with Crippen molar-refractivity contribution in [1.29, 1.82) is 0 Å². The highest BCUT2D eigenvalue weighted by atomic mass is 32.1. The number of pyridine rings is 1. The van der Waals surface area contributed by atoms with Crippen molar-refractivity contribution >= 4 is 27.9 Å². The number of nitro groups is 1. The molecule has 0 aromatic carbocycles. The minimum Gasteiger partial charge on any atom is -0.320 e. The van der Waals surface area contributed by atoms with Crippen molar-refractivity contribution in [2.45, 2.75) is 6.92 Å². The Balaban J connectivity index is 2.11. The summed E-state index contributed by atoms with van der Waals surface area (Å²) in [5, 5.41) is 13.1. The van der Waals surface area contributed by atoms with Crippen LogP contribution in [0.3, 0.4) is 0 Å². The molecule has 0 atom stereocenters. The number of hydrogen-bond acceptors (Lipinski definition) is 5. The fourth-order valence-corrected chi connectivity index (χ4v) is 2.00. The van der Waals surface area contributed by atoms with Gasteiger partial charge in [-0.15, -0.1) is 0 Å². The van der Waals surface area contributed by atoms with Gasteiger partial charge in [0.1, 0.15) is 0 Å². The number of thiophene rings is 1. The van der Waals surface area contributed by atoms with E-state index in [1.54, 1.807) is 12.1 Å². The summed E-state index contributed by atoms with van der Waals surface area (Å²) in [4.78, 5) is 26.1. The smallest absolute Gasteiger partial charge is 0.320 e. The minimum atomic E-state index is -0.519. The third kappa shape index (κ3) is 2.69. The van der Waals surface area contributed by atoms with Crippen LogP contribution < -0.4 is 5.32 Å². The van der Waals surface area contributed by atoms with Crippen LogP contribution in [0.1, 0.15) is 15.4 Å². The topological polar surface area (TPSA) is 85.1 Å². The van der Waals surface area contributed by atoms with Gasteiger partial charge in [-0.2, -0.15) is 0 Å². The number of anilines is 1. The van der Waals surface area contributed by atoms with E-state index in [0.29, 0.717) is 10.6 Å². The first-order valence-electron chi connectivity index (χ1n) is 5.04. The van der Waals surface area contributed by atoms with Gasteiger partial charge in [-0.25, -0.2) is 0 Å². The van der Waals surface area contributed by atoms with E-state index in [-0.39, 0.29) is 10.9 Å². The zero-order valence-corrected chi connectivity index (χ0v) is 10.2. The molecule has 0 aliphatic rings. The molecule has 0 saturated heterocycles. The van der Waals surface area contributed by atoms with Crippen LogP contribution in [0, 0.1) is 17.0 Å². The predicted molar refractivity (Wildman–Crippen MR) is 67.9 cm³/mol. The maximum Gasteiger partial charge on any atom is 0.324 e. The summed E-state index contributed by atoms with van der Waals surface area (Å²) in [6.45, 7) is 1.84. The molecule has 0 radical (unpaired) electrons. The molecule has 0 fully saturated rings. The van der Waals surface area contributed by atoms with E-state index in [2.05, 4.69) is 10.3 Å². The molecule has 0 unspecified atom stereocenters. The molecule has 6 nitrogen and oxygen atoms in total. The zero-order valence-electron chi connectivity index (χ0n) is 9.41. The van der Waals surface area contributed by atoms with Crippen LogP contribution in [0.5, 0.6) is 0 Å². The SMILES string of the molecule is Cc1ccc(NC(=O)c2ccc([N+](=O)[O-])s2)cn1. The lowest BCUT2D eigenvalue weighted by atomic mass is 10.3. The monoisotopic (exact) mass is 263 g/mol. The van der Waals surface area contributed by atoms with E-state index in [9.17, 15) is 14.9 Å². The normalized spacial score (nSPS) is 10.1. The fraction of sp³-hybridized carbons (Fsp3) is 0.0909. The number of aromatic nitrogens is 1. The first-order valence-corrected chi connectivity index (χ1v) is 5.86. The van der Waals surface area contributed by atoms with Gasteiger partial charge >= 0.3 is 5.00 Å². The van der Waals surface area contributed by atoms with Crippen LogP contribution in [0.4, 0.5) is 10.7 Å². The fourth-order valence-electron chi connectivity index (χ4n) is 1.28. The van der Waals surface area contributed by atoms with Gasteiger partial charge in [-0.05, 0) is 25.1 Å². The molecular weight excluding hydrogens is 254 g/mol. The molecule has 0 spiro atoms. The summed E-state index contributed by atoms with van der Waals surface area (Å²) in [5.74, 6) is -0.376. The number of amides is 1. The Bertz CT molecular complexity index is 592. The zero-order chi connectivity index (χ0) is 13.1. The Labute approximate surface area is 106 Å². The molecule has 92 valence electrons. The maximum atomic E-state index is 11.8. The molecule has 2 aromatic rings. The summed E-state index contributed by atoms with van der Waals surface area (Å²) in [6, 6.07) is 6.24. The Hall–Kier alpha value is -2.28. The Morgan fingerprint density at radius 1 is 1.39 bits per heavy atom. The quantitative estimate of drug-likeness (QED) is 0.681. The summed E-state index contributed by atoms with van der Waals surface area (Å²) in [6.07, 6.45) is 1.54. The molecule has 0 bridgehead atoms. The van der Waals surface area contributed by atoms with Crippen LogP contribution in [-0.4, -0.2) is 15.8 Å². The molecule has 18 heavy (non-hydrogen) atoms. The van der Waals surface area contributed by atoms with Gasteiger partial charge in [-0.1, -0.05) is 11.3 Å². The van der Waals surface area contributed by atoms with Gasteiger partial charge < -0.3 is 5.32 Å². The Kier molecular flexibility index (Phi) is 3.33. The Morgan fingerprint density at radius 2 is 2.17 bits per heavy atom. The van der Waals surface area contributed by atoms with E-state index in [1.807, 2.05) is 6.92 Å². The van der Waals surface area contributed by atoms with Crippen LogP contribution in [0.25, 0.3) is 0 Å². The van der Waals surface area contributed by atoms with Crippen molar-refractivity contribution in [1.82, 2.24) is 4.98 Å². The lowest BCUT2D eigenvalue weighted by molar-refractivity contribution is -0.380. The van der Waals surface area contributed by atoms with E-state index in [0.717, 1.165) is 17.0 Å². The van der Waals surface area contributed by atoms with E-state index < -0.39 is 4.92 Å². The van der Waals surface area contributed by atoms with Crippen LogP contribution in [-0.2, 0) is 0 Å². The van der Waals surface area contributed by atoms with Gasteiger partial charge in [0.05, 0.1) is 21.7 Å². The first kappa shape index (κ1) is 12.2. The number of carbonyl (C=O) groups is 1. The molecule has 1 amide bonds. The molecule has 2 heterocycles. The molecule has 1 N–H and O–H groups in total. The number of nitrogens with one attached hydrogen (secondary N) is 1. The van der Waals surface area contributed by atoms with Gasteiger partial charge in [0.2, 0.25) is 0 Å². The van der Waals surface area contributed by atoms with Crippen LogP contribution in [0.2, 0.25) is 0 Å². The molecule has 7 heteroatoms.